The summed E-state index contributed by atoms with van der Waals surface area (Å²) in [5.74, 6) is -1.25. The summed E-state index contributed by atoms with van der Waals surface area (Å²) in [6.07, 6.45) is 1.92. The molecule has 0 saturated heterocycles. The highest BCUT2D eigenvalue weighted by Gasteiger charge is 2.14. The van der Waals surface area contributed by atoms with Crippen molar-refractivity contribution in [2.24, 2.45) is 0 Å². The molecule has 0 bridgehead atoms. The zero-order chi connectivity index (χ0) is 22.1. The molecule has 0 fully saturated rings. The van der Waals surface area contributed by atoms with E-state index >= 15 is 0 Å². The third kappa shape index (κ3) is 19.4. The van der Waals surface area contributed by atoms with E-state index in [2.05, 4.69) is 0 Å². The van der Waals surface area contributed by atoms with Crippen molar-refractivity contribution in [1.29, 1.82) is 0 Å². The predicted molar refractivity (Wildman–Crippen MR) is 115 cm³/mol. The Morgan fingerprint density at radius 3 is 1.34 bits per heavy atom. The van der Waals surface area contributed by atoms with Gasteiger partial charge in [0.2, 0.25) is 0 Å². The second-order valence-electron chi connectivity index (χ2n) is 7.07. The molecule has 29 heavy (non-hydrogen) atoms. The maximum atomic E-state index is 11.2. The first-order valence-corrected chi connectivity index (χ1v) is 14.3. The monoisotopic (exact) mass is 448 g/mol. The molecular weight excluding hydrogens is 412 g/mol. The van der Waals surface area contributed by atoms with Crippen molar-refractivity contribution < 1.29 is 38.1 Å². The van der Waals surface area contributed by atoms with Crippen LogP contribution in [0.15, 0.2) is 0 Å². The van der Waals surface area contributed by atoms with Gasteiger partial charge in [-0.2, -0.15) is 0 Å². The number of ether oxygens (including phenoxy) is 4. The van der Waals surface area contributed by atoms with Gasteiger partial charge < -0.3 is 18.9 Å². The Bertz CT molecular complexity index is 468. The minimum absolute atomic E-state index is 0.162. The molecule has 2 unspecified atom stereocenters. The van der Waals surface area contributed by atoms with Crippen molar-refractivity contribution in [3.8, 4) is 0 Å². The van der Waals surface area contributed by atoms with Gasteiger partial charge in [-0.3, -0.25) is 19.2 Å². The molecule has 0 aliphatic carbocycles. The van der Waals surface area contributed by atoms with Crippen LogP contribution >= 0.6 is 0 Å². The number of rotatable bonds is 16. The summed E-state index contributed by atoms with van der Waals surface area (Å²) >= 11 is 0. The summed E-state index contributed by atoms with van der Waals surface area (Å²) in [5, 5.41) is 0. The van der Waals surface area contributed by atoms with Crippen molar-refractivity contribution >= 4 is 42.9 Å². The number of carbonyl (C=O) groups is 4. The summed E-state index contributed by atoms with van der Waals surface area (Å²) in [4.78, 5) is 44.1. The standard InChI is InChI=1S/C19H36O8Si2/c1-14(20)24-8-6-18(26-16(3)22)12-28-10-5-11-29-13-19(27-17(4)23)7-9-25-15(2)21/h18-19H,5-13,28-29H2,1-4H3. The van der Waals surface area contributed by atoms with Crippen molar-refractivity contribution in [2.45, 2.75) is 83.3 Å². The Morgan fingerprint density at radius 2 is 1.03 bits per heavy atom. The van der Waals surface area contributed by atoms with Crippen LogP contribution in [0.5, 0.6) is 0 Å². The molecule has 2 atom stereocenters. The fourth-order valence-electron chi connectivity index (χ4n) is 2.94. The molecule has 168 valence electrons. The predicted octanol–water partition coefficient (Wildman–Crippen LogP) is 1.16. The Morgan fingerprint density at radius 1 is 0.655 bits per heavy atom. The van der Waals surface area contributed by atoms with Crippen molar-refractivity contribution in [3.63, 3.8) is 0 Å². The second kappa shape index (κ2) is 17.2. The smallest absolute Gasteiger partial charge is 0.302 e. The largest absolute Gasteiger partial charge is 0.466 e. The Kier molecular flexibility index (Phi) is 16.2. The van der Waals surface area contributed by atoms with Crippen molar-refractivity contribution in [2.75, 3.05) is 13.2 Å². The van der Waals surface area contributed by atoms with Crippen LogP contribution in [0.1, 0.15) is 47.0 Å². The summed E-state index contributed by atoms with van der Waals surface area (Å²) in [7, 11) is -0.705. The molecule has 10 heteroatoms. The molecule has 0 heterocycles. The normalized spacial score (nSPS) is 13.4. The van der Waals surface area contributed by atoms with Gasteiger partial charge in [0, 0.05) is 59.6 Å². The van der Waals surface area contributed by atoms with Gasteiger partial charge in [0.1, 0.15) is 12.2 Å². The molecule has 0 aromatic rings. The minimum atomic E-state index is -0.353. The van der Waals surface area contributed by atoms with Crippen LogP contribution in [0.4, 0.5) is 0 Å². The topological polar surface area (TPSA) is 105 Å². The molecular formula is C19H36O8Si2. The molecule has 8 nitrogen and oxygen atoms in total. The first-order valence-electron chi connectivity index (χ1n) is 10.3. The van der Waals surface area contributed by atoms with Crippen LogP contribution in [0.3, 0.4) is 0 Å². The number of esters is 4. The zero-order valence-corrected chi connectivity index (χ0v) is 21.0. The lowest BCUT2D eigenvalue weighted by atomic mass is 10.3. The van der Waals surface area contributed by atoms with E-state index in [0.717, 1.165) is 18.5 Å². The SMILES string of the molecule is CC(=O)OCCC(C[SiH2]CCC[SiH2]CC(CCOC(C)=O)OC(C)=O)OC(C)=O. The van der Waals surface area contributed by atoms with Crippen molar-refractivity contribution in [1.82, 2.24) is 0 Å². The van der Waals surface area contributed by atoms with E-state index in [1.807, 2.05) is 0 Å². The lowest BCUT2D eigenvalue weighted by Gasteiger charge is -2.17. The molecule has 0 radical (unpaired) electrons. The third-order valence-corrected chi connectivity index (χ3v) is 8.31. The van der Waals surface area contributed by atoms with E-state index in [0.29, 0.717) is 12.8 Å². The summed E-state index contributed by atoms with van der Waals surface area (Å²) in [6.45, 7) is 6.07. The molecule has 0 rings (SSSR count). The van der Waals surface area contributed by atoms with Gasteiger partial charge in [0.25, 0.3) is 0 Å². The first-order chi connectivity index (χ1) is 13.7. The average molecular weight is 449 g/mol. The van der Waals surface area contributed by atoms with Crippen LogP contribution < -0.4 is 0 Å². The van der Waals surface area contributed by atoms with Gasteiger partial charge in [0.15, 0.2) is 0 Å². The summed E-state index contributed by atoms with van der Waals surface area (Å²) in [6, 6.07) is 4.12. The number of carbonyl (C=O) groups excluding carboxylic acids is 4. The fraction of sp³-hybridized carbons (Fsp3) is 0.789. The van der Waals surface area contributed by atoms with Crippen LogP contribution in [-0.2, 0) is 38.1 Å². The van der Waals surface area contributed by atoms with Gasteiger partial charge in [-0.15, -0.1) is 0 Å². The minimum Gasteiger partial charge on any atom is -0.466 e. The van der Waals surface area contributed by atoms with Crippen LogP contribution in [-0.4, -0.2) is 68.3 Å². The fourth-order valence-corrected chi connectivity index (χ4v) is 7.36. The summed E-state index contributed by atoms with van der Waals surface area (Å²) in [5.41, 5.74) is 0. The molecule has 0 aromatic heterocycles. The van der Waals surface area contributed by atoms with E-state index in [-0.39, 0.29) is 68.3 Å². The van der Waals surface area contributed by atoms with Gasteiger partial charge in [0.05, 0.1) is 13.2 Å². The average Bonchev–Trinajstić information content (AvgIpc) is 2.58. The zero-order valence-electron chi connectivity index (χ0n) is 18.2. The van der Waals surface area contributed by atoms with Crippen molar-refractivity contribution in [3.05, 3.63) is 0 Å². The lowest BCUT2D eigenvalue weighted by Crippen LogP contribution is -2.21. The van der Waals surface area contributed by atoms with E-state index in [1.54, 1.807) is 0 Å². The summed E-state index contributed by atoms with van der Waals surface area (Å²) < 4.78 is 20.5. The molecule has 0 aromatic carbocycles. The van der Waals surface area contributed by atoms with Crippen LogP contribution in [0, 0.1) is 0 Å². The van der Waals surface area contributed by atoms with Gasteiger partial charge >= 0.3 is 23.9 Å². The molecule has 0 aliphatic rings. The van der Waals surface area contributed by atoms with Gasteiger partial charge in [-0.05, 0) is 12.1 Å². The lowest BCUT2D eigenvalue weighted by molar-refractivity contribution is -0.149. The molecule has 0 saturated carbocycles. The number of hydrogen-bond donors (Lipinski definition) is 0. The molecule has 0 N–H and O–H groups in total. The second-order valence-corrected chi connectivity index (χ2v) is 11.0. The van der Waals surface area contributed by atoms with Crippen LogP contribution in [0.25, 0.3) is 0 Å². The van der Waals surface area contributed by atoms with Gasteiger partial charge in [-0.25, -0.2) is 0 Å². The quantitative estimate of drug-likeness (QED) is 0.150. The Labute approximate surface area is 178 Å². The highest BCUT2D eigenvalue weighted by Crippen LogP contribution is 2.11. The Hall–Kier alpha value is -1.69. The molecule has 0 spiro atoms. The Balaban J connectivity index is 3.98. The molecule has 0 aliphatic heterocycles. The van der Waals surface area contributed by atoms with E-state index < -0.39 is 0 Å². The first kappa shape index (κ1) is 27.3. The number of hydrogen-bond acceptors (Lipinski definition) is 8. The van der Waals surface area contributed by atoms with E-state index in [1.165, 1.54) is 39.8 Å². The van der Waals surface area contributed by atoms with Crippen LogP contribution in [0.2, 0.25) is 24.2 Å². The highest BCUT2D eigenvalue weighted by molar-refractivity contribution is 6.37. The third-order valence-electron chi connectivity index (χ3n) is 4.21. The molecule has 0 amide bonds. The maximum absolute atomic E-state index is 11.2. The van der Waals surface area contributed by atoms with E-state index in [4.69, 9.17) is 18.9 Å². The maximum Gasteiger partial charge on any atom is 0.302 e. The van der Waals surface area contributed by atoms with Gasteiger partial charge in [-0.1, -0.05) is 18.5 Å². The highest BCUT2D eigenvalue weighted by atomic mass is 28.2. The van der Waals surface area contributed by atoms with E-state index in [9.17, 15) is 19.2 Å².